The van der Waals surface area contributed by atoms with Crippen LogP contribution in [0.15, 0.2) is 60.2 Å². The number of nitro groups is 1. The number of hydrogen-bond donors (Lipinski definition) is 1. The van der Waals surface area contributed by atoms with E-state index in [4.69, 9.17) is 9.47 Å². The maximum absolute atomic E-state index is 12.7. The Morgan fingerprint density at radius 1 is 1.20 bits per heavy atom. The molecule has 8 nitrogen and oxygen atoms in total. The quantitative estimate of drug-likeness (QED) is 0.115. The zero-order chi connectivity index (χ0) is 25.5. The van der Waals surface area contributed by atoms with Crippen LogP contribution in [0, 0.1) is 38.9 Å². The number of rotatable bonds is 8. The standard InChI is InChI=1S/C26H22IN3O5/c1-16-7-8-17(2)23(9-16)29-26(31)20(14-28)10-19-12-22(27)25(24(13-19)34-3)35-15-18-5-4-6-21(11-18)30(32)33/h4-13H,15H2,1-3H3,(H,29,31)/b20-10+. The summed E-state index contributed by atoms with van der Waals surface area (Å²) in [6.45, 7) is 3.91. The Morgan fingerprint density at radius 2 is 1.97 bits per heavy atom. The first-order valence-corrected chi connectivity index (χ1v) is 11.5. The Balaban J connectivity index is 1.83. The van der Waals surface area contributed by atoms with Crippen molar-refractivity contribution in [1.82, 2.24) is 0 Å². The highest BCUT2D eigenvalue weighted by Crippen LogP contribution is 2.35. The number of anilines is 1. The Labute approximate surface area is 216 Å². The summed E-state index contributed by atoms with van der Waals surface area (Å²) >= 11 is 2.07. The van der Waals surface area contributed by atoms with Gasteiger partial charge in [0.15, 0.2) is 11.5 Å². The minimum Gasteiger partial charge on any atom is -0.493 e. The monoisotopic (exact) mass is 583 g/mol. The molecule has 1 amide bonds. The molecular formula is C26H22IN3O5. The van der Waals surface area contributed by atoms with Gasteiger partial charge in [-0.3, -0.25) is 14.9 Å². The molecule has 1 N–H and O–H groups in total. The van der Waals surface area contributed by atoms with E-state index in [1.54, 1.807) is 24.3 Å². The largest absolute Gasteiger partial charge is 0.493 e. The average Bonchev–Trinajstić information content (AvgIpc) is 2.83. The minimum atomic E-state index is -0.513. The lowest BCUT2D eigenvalue weighted by molar-refractivity contribution is -0.384. The SMILES string of the molecule is COc1cc(/C=C(\C#N)C(=O)Nc2cc(C)ccc2C)cc(I)c1OCc1cccc([N+](=O)[O-])c1. The highest BCUT2D eigenvalue weighted by atomic mass is 127. The van der Waals surface area contributed by atoms with Gasteiger partial charge in [0, 0.05) is 17.8 Å². The Morgan fingerprint density at radius 3 is 2.66 bits per heavy atom. The van der Waals surface area contributed by atoms with Crippen molar-refractivity contribution in [2.75, 3.05) is 12.4 Å². The molecule has 0 aliphatic rings. The van der Waals surface area contributed by atoms with Crippen LogP contribution in [0.25, 0.3) is 6.08 Å². The fraction of sp³-hybridized carbons (Fsp3) is 0.154. The molecule has 0 aliphatic carbocycles. The molecule has 0 saturated heterocycles. The van der Waals surface area contributed by atoms with Crippen LogP contribution in [-0.2, 0) is 11.4 Å². The summed E-state index contributed by atoms with van der Waals surface area (Å²) in [6, 6.07) is 17.3. The van der Waals surface area contributed by atoms with Crippen LogP contribution in [-0.4, -0.2) is 17.9 Å². The van der Waals surface area contributed by atoms with Gasteiger partial charge in [-0.15, -0.1) is 0 Å². The smallest absolute Gasteiger partial charge is 0.269 e. The molecule has 0 radical (unpaired) electrons. The lowest BCUT2D eigenvalue weighted by atomic mass is 10.1. The number of nitrogens with zero attached hydrogens (tertiary/aromatic N) is 2. The third-order valence-corrected chi connectivity index (χ3v) is 5.87. The molecule has 3 aromatic rings. The first-order chi connectivity index (χ1) is 16.7. The predicted molar refractivity (Wildman–Crippen MR) is 141 cm³/mol. The van der Waals surface area contributed by atoms with Crippen molar-refractivity contribution in [1.29, 1.82) is 5.26 Å². The number of hydrogen-bond acceptors (Lipinski definition) is 6. The molecule has 0 atom stereocenters. The van der Waals surface area contributed by atoms with E-state index in [1.165, 1.54) is 25.3 Å². The molecule has 3 aromatic carbocycles. The third kappa shape index (κ3) is 6.58. The molecule has 0 unspecified atom stereocenters. The average molecular weight is 583 g/mol. The number of aryl methyl sites for hydroxylation is 2. The molecule has 3 rings (SSSR count). The second kappa shape index (κ2) is 11.5. The van der Waals surface area contributed by atoms with Crippen molar-refractivity contribution in [3.8, 4) is 17.6 Å². The van der Waals surface area contributed by atoms with Crippen molar-refractivity contribution in [3.63, 3.8) is 0 Å². The third-order valence-electron chi connectivity index (χ3n) is 5.07. The number of nitrogens with one attached hydrogen (secondary N) is 1. The van der Waals surface area contributed by atoms with E-state index in [2.05, 4.69) is 27.9 Å². The van der Waals surface area contributed by atoms with Gasteiger partial charge < -0.3 is 14.8 Å². The van der Waals surface area contributed by atoms with E-state index >= 15 is 0 Å². The number of carbonyl (C=O) groups is 1. The van der Waals surface area contributed by atoms with Gasteiger partial charge in [-0.05, 0) is 83.0 Å². The topological polar surface area (TPSA) is 114 Å². The molecule has 0 aromatic heterocycles. The zero-order valence-electron chi connectivity index (χ0n) is 19.3. The Bertz CT molecular complexity index is 1360. The number of non-ortho nitro benzene ring substituents is 1. The second-order valence-electron chi connectivity index (χ2n) is 7.69. The van der Waals surface area contributed by atoms with E-state index in [-0.39, 0.29) is 17.9 Å². The van der Waals surface area contributed by atoms with Gasteiger partial charge in [0.05, 0.1) is 15.6 Å². The van der Waals surface area contributed by atoms with Crippen LogP contribution >= 0.6 is 22.6 Å². The van der Waals surface area contributed by atoms with Gasteiger partial charge in [0.1, 0.15) is 18.2 Å². The number of ether oxygens (including phenoxy) is 2. The van der Waals surface area contributed by atoms with Crippen LogP contribution in [0.2, 0.25) is 0 Å². The molecular weight excluding hydrogens is 561 g/mol. The van der Waals surface area contributed by atoms with E-state index in [0.717, 1.165) is 11.1 Å². The molecule has 0 spiro atoms. The van der Waals surface area contributed by atoms with Crippen molar-refractivity contribution in [3.05, 3.63) is 96.1 Å². The van der Waals surface area contributed by atoms with Crippen LogP contribution in [0.5, 0.6) is 11.5 Å². The zero-order valence-corrected chi connectivity index (χ0v) is 21.5. The lowest BCUT2D eigenvalue weighted by Crippen LogP contribution is -2.14. The van der Waals surface area contributed by atoms with Gasteiger partial charge in [0.2, 0.25) is 0 Å². The van der Waals surface area contributed by atoms with E-state index in [1.807, 2.05) is 38.1 Å². The first kappa shape index (κ1) is 25.7. The summed E-state index contributed by atoms with van der Waals surface area (Å²) in [5.74, 6) is 0.345. The van der Waals surface area contributed by atoms with Crippen molar-refractivity contribution in [2.24, 2.45) is 0 Å². The summed E-state index contributed by atoms with van der Waals surface area (Å²) in [5.41, 5.74) is 3.67. The van der Waals surface area contributed by atoms with Gasteiger partial charge in [-0.25, -0.2) is 0 Å². The van der Waals surface area contributed by atoms with Crippen molar-refractivity contribution in [2.45, 2.75) is 20.5 Å². The van der Waals surface area contributed by atoms with Crippen molar-refractivity contribution >= 4 is 45.9 Å². The van der Waals surface area contributed by atoms with Gasteiger partial charge in [-0.2, -0.15) is 5.26 Å². The van der Waals surface area contributed by atoms with Crippen LogP contribution in [0.1, 0.15) is 22.3 Å². The molecule has 35 heavy (non-hydrogen) atoms. The number of methoxy groups -OCH3 is 1. The van der Waals surface area contributed by atoms with Crippen LogP contribution in [0.3, 0.4) is 0 Å². The second-order valence-corrected chi connectivity index (χ2v) is 8.85. The molecule has 0 aliphatic heterocycles. The number of nitro benzene ring substituents is 1. The number of amides is 1. The molecule has 9 heteroatoms. The van der Waals surface area contributed by atoms with E-state index < -0.39 is 10.8 Å². The minimum absolute atomic E-state index is 0.0172. The van der Waals surface area contributed by atoms with Gasteiger partial charge in [-0.1, -0.05) is 24.3 Å². The summed E-state index contributed by atoms with van der Waals surface area (Å²) in [7, 11) is 1.48. The summed E-state index contributed by atoms with van der Waals surface area (Å²) in [4.78, 5) is 23.3. The highest BCUT2D eigenvalue weighted by Gasteiger charge is 2.15. The Hall–Kier alpha value is -3.91. The van der Waals surface area contributed by atoms with E-state index in [9.17, 15) is 20.2 Å². The first-order valence-electron chi connectivity index (χ1n) is 10.5. The molecule has 0 bridgehead atoms. The summed E-state index contributed by atoms with van der Waals surface area (Å²) < 4.78 is 12.0. The fourth-order valence-electron chi connectivity index (χ4n) is 3.25. The molecule has 0 fully saturated rings. The lowest BCUT2D eigenvalue weighted by Gasteiger charge is -2.14. The molecule has 178 valence electrons. The van der Waals surface area contributed by atoms with Crippen LogP contribution in [0.4, 0.5) is 11.4 Å². The Kier molecular flexibility index (Phi) is 8.43. The van der Waals surface area contributed by atoms with E-state index in [0.29, 0.717) is 31.9 Å². The predicted octanol–water partition coefficient (Wildman–Crippen LogP) is 5.95. The fourth-order valence-corrected chi connectivity index (χ4v) is 4.04. The van der Waals surface area contributed by atoms with Crippen molar-refractivity contribution < 1.29 is 19.2 Å². The van der Waals surface area contributed by atoms with Crippen LogP contribution < -0.4 is 14.8 Å². The number of carbonyl (C=O) groups excluding carboxylic acids is 1. The molecule has 0 heterocycles. The van der Waals surface area contributed by atoms with Gasteiger partial charge >= 0.3 is 0 Å². The number of benzene rings is 3. The maximum atomic E-state index is 12.7. The maximum Gasteiger partial charge on any atom is 0.269 e. The van der Waals surface area contributed by atoms with Gasteiger partial charge in [0.25, 0.3) is 11.6 Å². The summed E-state index contributed by atoms with van der Waals surface area (Å²) in [5, 5.41) is 23.4. The highest BCUT2D eigenvalue weighted by molar-refractivity contribution is 14.1. The summed E-state index contributed by atoms with van der Waals surface area (Å²) in [6.07, 6.45) is 1.48. The molecule has 0 saturated carbocycles. The number of nitriles is 1. The number of halogens is 1. The normalized spacial score (nSPS) is 10.9.